The van der Waals surface area contributed by atoms with Crippen molar-refractivity contribution in [2.24, 2.45) is 0 Å². The van der Waals surface area contributed by atoms with Crippen LogP contribution in [0.4, 0.5) is 5.69 Å². The fourth-order valence-corrected chi connectivity index (χ4v) is 2.67. The molecule has 1 aromatic heterocycles. The molecule has 0 saturated carbocycles. The molecule has 0 unspecified atom stereocenters. The standard InChI is InChI=1S/C16H17N3OS/c1-12(19(2)11-15-7-4-8-21-15)16(20)18-14-6-3-5-13(9-14)10-17/h3-9,12H,11H2,1-2H3,(H,18,20)/t12-/m0/s1. The summed E-state index contributed by atoms with van der Waals surface area (Å²) in [6.07, 6.45) is 0. The summed E-state index contributed by atoms with van der Waals surface area (Å²) in [6, 6.07) is 12.8. The van der Waals surface area contributed by atoms with Crippen LogP contribution in [-0.2, 0) is 11.3 Å². The molecular formula is C16H17N3OS. The van der Waals surface area contributed by atoms with Gasteiger partial charge in [-0.15, -0.1) is 11.3 Å². The third-order valence-corrected chi connectivity index (χ3v) is 4.15. The van der Waals surface area contributed by atoms with Gasteiger partial charge in [-0.25, -0.2) is 0 Å². The highest BCUT2D eigenvalue weighted by molar-refractivity contribution is 7.09. The summed E-state index contributed by atoms with van der Waals surface area (Å²) in [5, 5.41) is 13.7. The Hall–Kier alpha value is -2.16. The highest BCUT2D eigenvalue weighted by atomic mass is 32.1. The average molecular weight is 299 g/mol. The number of nitriles is 1. The largest absolute Gasteiger partial charge is 0.325 e. The second-order valence-corrected chi connectivity index (χ2v) is 5.88. The smallest absolute Gasteiger partial charge is 0.241 e. The van der Waals surface area contributed by atoms with Crippen molar-refractivity contribution in [3.63, 3.8) is 0 Å². The van der Waals surface area contributed by atoms with E-state index in [1.165, 1.54) is 4.88 Å². The fraction of sp³-hybridized carbons (Fsp3) is 0.250. The lowest BCUT2D eigenvalue weighted by molar-refractivity contribution is -0.120. The minimum atomic E-state index is -0.252. The molecule has 0 fully saturated rings. The second kappa shape index (κ2) is 7.02. The predicted octanol–water partition coefficient (Wildman–Crippen LogP) is 3.08. The van der Waals surface area contributed by atoms with Crippen molar-refractivity contribution in [3.8, 4) is 6.07 Å². The maximum Gasteiger partial charge on any atom is 0.241 e. The van der Waals surface area contributed by atoms with Crippen LogP contribution in [0.15, 0.2) is 41.8 Å². The summed E-state index contributed by atoms with van der Waals surface area (Å²) in [6.45, 7) is 2.61. The summed E-state index contributed by atoms with van der Waals surface area (Å²) in [4.78, 5) is 15.5. The Balaban J connectivity index is 1.97. The first-order chi connectivity index (χ1) is 10.1. The third-order valence-electron chi connectivity index (χ3n) is 3.29. The number of hydrogen-bond acceptors (Lipinski definition) is 4. The Morgan fingerprint density at radius 2 is 2.24 bits per heavy atom. The number of carbonyl (C=O) groups is 1. The molecule has 21 heavy (non-hydrogen) atoms. The molecule has 5 heteroatoms. The first-order valence-corrected chi connectivity index (χ1v) is 7.52. The van der Waals surface area contributed by atoms with E-state index in [0.717, 1.165) is 6.54 Å². The fourth-order valence-electron chi connectivity index (χ4n) is 1.90. The molecule has 0 spiro atoms. The predicted molar refractivity (Wildman–Crippen MR) is 85.0 cm³/mol. The third kappa shape index (κ3) is 4.15. The maximum absolute atomic E-state index is 12.2. The first kappa shape index (κ1) is 15.2. The Morgan fingerprint density at radius 3 is 2.90 bits per heavy atom. The Morgan fingerprint density at radius 1 is 1.43 bits per heavy atom. The van der Waals surface area contributed by atoms with Crippen LogP contribution in [0.5, 0.6) is 0 Å². The van der Waals surface area contributed by atoms with E-state index in [-0.39, 0.29) is 11.9 Å². The molecule has 0 aliphatic carbocycles. The summed E-state index contributed by atoms with van der Waals surface area (Å²) >= 11 is 1.68. The van der Waals surface area contributed by atoms with E-state index < -0.39 is 0 Å². The zero-order valence-electron chi connectivity index (χ0n) is 12.0. The van der Waals surface area contributed by atoms with Crippen molar-refractivity contribution < 1.29 is 4.79 Å². The number of likely N-dealkylation sites (N-methyl/N-ethyl adjacent to an activating group) is 1. The Labute approximate surface area is 128 Å². The molecule has 0 aliphatic rings. The van der Waals surface area contributed by atoms with E-state index in [1.54, 1.807) is 35.6 Å². The van der Waals surface area contributed by atoms with Crippen LogP contribution < -0.4 is 5.32 Å². The lowest BCUT2D eigenvalue weighted by Crippen LogP contribution is -2.39. The minimum absolute atomic E-state index is 0.0795. The van der Waals surface area contributed by atoms with E-state index >= 15 is 0 Å². The molecule has 108 valence electrons. The molecule has 2 rings (SSSR count). The number of rotatable bonds is 5. The van der Waals surface area contributed by atoms with Crippen LogP contribution >= 0.6 is 11.3 Å². The van der Waals surface area contributed by atoms with Gasteiger partial charge in [0, 0.05) is 17.1 Å². The minimum Gasteiger partial charge on any atom is -0.325 e. The van der Waals surface area contributed by atoms with Crippen LogP contribution in [0.2, 0.25) is 0 Å². The number of benzene rings is 1. The monoisotopic (exact) mass is 299 g/mol. The van der Waals surface area contributed by atoms with Crippen LogP contribution in [0.25, 0.3) is 0 Å². The number of carbonyl (C=O) groups excluding carboxylic acids is 1. The number of amides is 1. The maximum atomic E-state index is 12.2. The Bertz CT molecular complexity index is 646. The SMILES string of the molecule is C[C@@H](C(=O)Nc1cccc(C#N)c1)N(C)Cc1cccs1. The van der Waals surface area contributed by atoms with Crippen molar-refractivity contribution in [1.29, 1.82) is 5.26 Å². The normalized spacial score (nSPS) is 11.9. The number of nitrogens with one attached hydrogen (secondary N) is 1. The number of hydrogen-bond donors (Lipinski definition) is 1. The molecule has 2 aromatic rings. The molecule has 1 atom stereocenters. The van der Waals surface area contributed by atoms with Crippen LogP contribution in [-0.4, -0.2) is 23.9 Å². The van der Waals surface area contributed by atoms with E-state index in [0.29, 0.717) is 11.3 Å². The van der Waals surface area contributed by atoms with Gasteiger partial charge in [0.25, 0.3) is 0 Å². The highest BCUT2D eigenvalue weighted by Crippen LogP contribution is 2.14. The van der Waals surface area contributed by atoms with Crippen LogP contribution in [0, 0.1) is 11.3 Å². The Kier molecular flexibility index (Phi) is 5.09. The van der Waals surface area contributed by atoms with Crippen molar-refractivity contribution in [1.82, 2.24) is 4.90 Å². The summed E-state index contributed by atoms with van der Waals surface area (Å²) in [7, 11) is 1.93. The topological polar surface area (TPSA) is 56.1 Å². The summed E-state index contributed by atoms with van der Waals surface area (Å²) in [5.41, 5.74) is 1.18. The molecule has 1 aromatic carbocycles. The van der Waals surface area contributed by atoms with Gasteiger partial charge < -0.3 is 5.32 Å². The van der Waals surface area contributed by atoms with Gasteiger partial charge in [-0.2, -0.15) is 5.26 Å². The van der Waals surface area contributed by atoms with E-state index in [1.807, 2.05) is 30.3 Å². The van der Waals surface area contributed by atoms with E-state index in [9.17, 15) is 4.79 Å². The zero-order chi connectivity index (χ0) is 15.2. The number of nitrogens with zero attached hydrogens (tertiary/aromatic N) is 2. The first-order valence-electron chi connectivity index (χ1n) is 6.64. The van der Waals surface area contributed by atoms with Gasteiger partial charge >= 0.3 is 0 Å². The molecule has 0 aliphatic heterocycles. The van der Waals surface area contributed by atoms with Crippen molar-refractivity contribution in [2.45, 2.75) is 19.5 Å². The van der Waals surface area contributed by atoms with Gasteiger partial charge in [0.05, 0.1) is 17.7 Å². The average Bonchev–Trinajstić information content (AvgIpc) is 2.99. The van der Waals surface area contributed by atoms with Crippen molar-refractivity contribution >= 4 is 22.9 Å². The van der Waals surface area contributed by atoms with Crippen molar-refractivity contribution in [2.75, 3.05) is 12.4 Å². The summed E-state index contributed by atoms with van der Waals surface area (Å²) in [5.74, 6) is -0.0795. The summed E-state index contributed by atoms with van der Waals surface area (Å²) < 4.78 is 0. The van der Waals surface area contributed by atoms with Crippen LogP contribution in [0.1, 0.15) is 17.4 Å². The molecule has 0 radical (unpaired) electrons. The van der Waals surface area contributed by atoms with Gasteiger partial charge in [0.15, 0.2) is 0 Å². The van der Waals surface area contributed by atoms with Gasteiger partial charge in [-0.3, -0.25) is 9.69 Å². The van der Waals surface area contributed by atoms with Crippen LogP contribution in [0.3, 0.4) is 0 Å². The molecular weight excluding hydrogens is 282 g/mol. The van der Waals surface area contributed by atoms with Crippen molar-refractivity contribution in [3.05, 3.63) is 52.2 Å². The van der Waals surface area contributed by atoms with E-state index in [2.05, 4.69) is 17.5 Å². The number of thiophene rings is 1. The molecule has 1 N–H and O–H groups in total. The molecule has 4 nitrogen and oxygen atoms in total. The quantitative estimate of drug-likeness (QED) is 0.923. The zero-order valence-corrected chi connectivity index (χ0v) is 12.9. The molecule has 0 saturated heterocycles. The van der Waals surface area contributed by atoms with E-state index in [4.69, 9.17) is 5.26 Å². The number of anilines is 1. The molecule has 1 amide bonds. The van der Waals surface area contributed by atoms with Gasteiger partial charge in [0.1, 0.15) is 0 Å². The lowest BCUT2D eigenvalue weighted by Gasteiger charge is -2.23. The van der Waals surface area contributed by atoms with Gasteiger partial charge in [0.2, 0.25) is 5.91 Å². The molecule has 1 heterocycles. The van der Waals surface area contributed by atoms with Gasteiger partial charge in [-0.1, -0.05) is 12.1 Å². The lowest BCUT2D eigenvalue weighted by atomic mass is 10.2. The molecule has 0 bridgehead atoms. The highest BCUT2D eigenvalue weighted by Gasteiger charge is 2.18. The van der Waals surface area contributed by atoms with Gasteiger partial charge in [-0.05, 0) is 43.6 Å². The second-order valence-electron chi connectivity index (χ2n) is 4.85.